The van der Waals surface area contributed by atoms with Crippen molar-refractivity contribution in [3.05, 3.63) is 66.2 Å². The molecule has 0 radical (unpaired) electrons. The van der Waals surface area contributed by atoms with Gasteiger partial charge in [-0.3, -0.25) is 4.68 Å². The molecular weight excluding hydrogens is 324 g/mol. The molecule has 0 bridgehead atoms. The van der Waals surface area contributed by atoms with Gasteiger partial charge in [-0.05, 0) is 36.5 Å². The molecule has 1 aliphatic rings. The molecule has 134 valence electrons. The number of hydrogen-bond donors (Lipinski definition) is 1. The Morgan fingerprint density at radius 2 is 1.85 bits per heavy atom. The van der Waals surface area contributed by atoms with Crippen molar-refractivity contribution in [2.75, 3.05) is 23.3 Å². The van der Waals surface area contributed by atoms with Crippen molar-refractivity contribution in [2.24, 2.45) is 0 Å². The van der Waals surface area contributed by atoms with Crippen molar-refractivity contribution < 1.29 is 0 Å². The molecule has 1 fully saturated rings. The van der Waals surface area contributed by atoms with E-state index < -0.39 is 0 Å². The molecule has 0 amide bonds. The Hall–Kier alpha value is -2.89. The molecular formula is C20H24N6. The Bertz CT molecular complexity index is 824. The van der Waals surface area contributed by atoms with Crippen LogP contribution in [0.25, 0.3) is 0 Å². The second kappa shape index (κ2) is 7.99. The molecule has 26 heavy (non-hydrogen) atoms. The Balaban J connectivity index is 1.39. The second-order valence-electron chi connectivity index (χ2n) is 6.69. The third-order valence-electron chi connectivity index (χ3n) is 4.70. The summed E-state index contributed by atoms with van der Waals surface area (Å²) in [6.07, 6.45) is 9.25. The van der Waals surface area contributed by atoms with Gasteiger partial charge in [0, 0.05) is 38.1 Å². The van der Waals surface area contributed by atoms with Gasteiger partial charge in [-0.15, -0.1) is 0 Å². The van der Waals surface area contributed by atoms with Gasteiger partial charge < -0.3 is 10.2 Å². The Kier molecular flexibility index (Phi) is 5.09. The minimum absolute atomic E-state index is 0.739. The summed E-state index contributed by atoms with van der Waals surface area (Å²) in [5.41, 5.74) is 2.47. The van der Waals surface area contributed by atoms with E-state index in [2.05, 4.69) is 55.6 Å². The average molecular weight is 348 g/mol. The summed E-state index contributed by atoms with van der Waals surface area (Å²) < 4.78 is 1.93. The maximum absolute atomic E-state index is 4.44. The highest BCUT2D eigenvalue weighted by Crippen LogP contribution is 2.19. The molecule has 1 N–H and O–H groups in total. The highest BCUT2D eigenvalue weighted by molar-refractivity contribution is 5.49. The van der Waals surface area contributed by atoms with Crippen LogP contribution in [0.3, 0.4) is 0 Å². The molecule has 0 atom stereocenters. The zero-order valence-electron chi connectivity index (χ0n) is 14.9. The van der Waals surface area contributed by atoms with Gasteiger partial charge in [-0.2, -0.15) is 5.10 Å². The van der Waals surface area contributed by atoms with E-state index >= 15 is 0 Å². The zero-order chi connectivity index (χ0) is 17.6. The molecule has 3 aromatic rings. The van der Waals surface area contributed by atoms with E-state index in [0.717, 1.165) is 37.8 Å². The number of rotatable bonds is 6. The lowest BCUT2D eigenvalue weighted by atomic mass is 10.1. The number of nitrogens with one attached hydrogen (secondary N) is 1. The van der Waals surface area contributed by atoms with Crippen LogP contribution >= 0.6 is 0 Å². The molecule has 6 nitrogen and oxygen atoms in total. The van der Waals surface area contributed by atoms with E-state index in [-0.39, 0.29) is 0 Å². The van der Waals surface area contributed by atoms with Gasteiger partial charge in [-0.1, -0.05) is 24.3 Å². The third kappa shape index (κ3) is 4.20. The van der Waals surface area contributed by atoms with Crippen molar-refractivity contribution >= 4 is 11.6 Å². The number of aromatic nitrogens is 4. The molecule has 4 rings (SSSR count). The van der Waals surface area contributed by atoms with Crippen molar-refractivity contribution in [1.29, 1.82) is 0 Å². The first-order chi connectivity index (χ1) is 12.9. The maximum atomic E-state index is 4.44. The molecule has 6 heteroatoms. The summed E-state index contributed by atoms with van der Waals surface area (Å²) in [5.74, 6) is 1.90. The molecule has 1 aliphatic heterocycles. The summed E-state index contributed by atoms with van der Waals surface area (Å²) in [6.45, 7) is 3.70. The van der Waals surface area contributed by atoms with Gasteiger partial charge in [0.25, 0.3) is 0 Å². The maximum Gasteiger partial charge on any atom is 0.134 e. The first-order valence-corrected chi connectivity index (χ1v) is 9.23. The first kappa shape index (κ1) is 16.6. The molecule has 1 aromatic carbocycles. The fourth-order valence-electron chi connectivity index (χ4n) is 3.35. The van der Waals surface area contributed by atoms with E-state index in [9.17, 15) is 0 Å². The molecule has 3 heterocycles. The van der Waals surface area contributed by atoms with Crippen LogP contribution in [-0.2, 0) is 13.1 Å². The topological polar surface area (TPSA) is 58.9 Å². The van der Waals surface area contributed by atoms with Crippen LogP contribution in [0.5, 0.6) is 0 Å². The highest BCUT2D eigenvalue weighted by Gasteiger charge is 2.12. The predicted octanol–water partition coefficient (Wildman–Crippen LogP) is 3.32. The van der Waals surface area contributed by atoms with Crippen molar-refractivity contribution in [3.8, 4) is 0 Å². The van der Waals surface area contributed by atoms with Gasteiger partial charge in [0.05, 0.1) is 6.54 Å². The lowest BCUT2D eigenvalue weighted by molar-refractivity contribution is 0.573. The lowest BCUT2D eigenvalue weighted by Crippen LogP contribution is -2.30. The Labute approximate surface area is 153 Å². The van der Waals surface area contributed by atoms with Gasteiger partial charge in [0.15, 0.2) is 0 Å². The first-order valence-electron chi connectivity index (χ1n) is 9.23. The lowest BCUT2D eigenvalue weighted by Gasteiger charge is -2.27. The highest BCUT2D eigenvalue weighted by atomic mass is 15.3. The molecule has 2 aromatic heterocycles. The second-order valence-corrected chi connectivity index (χ2v) is 6.69. The minimum atomic E-state index is 0.739. The van der Waals surface area contributed by atoms with E-state index in [0.29, 0.717) is 0 Å². The number of hydrogen-bond acceptors (Lipinski definition) is 5. The van der Waals surface area contributed by atoms with Gasteiger partial charge in [-0.25, -0.2) is 9.97 Å². The zero-order valence-corrected chi connectivity index (χ0v) is 14.9. The van der Waals surface area contributed by atoms with Gasteiger partial charge >= 0.3 is 0 Å². The summed E-state index contributed by atoms with van der Waals surface area (Å²) in [7, 11) is 0. The smallest absolute Gasteiger partial charge is 0.134 e. The molecule has 0 aliphatic carbocycles. The van der Waals surface area contributed by atoms with Crippen LogP contribution in [0.1, 0.15) is 30.4 Å². The van der Waals surface area contributed by atoms with Gasteiger partial charge in [0.2, 0.25) is 0 Å². The largest absolute Gasteiger partial charge is 0.366 e. The van der Waals surface area contributed by atoms with Crippen LogP contribution in [0, 0.1) is 0 Å². The number of anilines is 2. The van der Waals surface area contributed by atoms with Crippen LogP contribution in [0.4, 0.5) is 11.6 Å². The summed E-state index contributed by atoms with van der Waals surface area (Å²) in [6, 6.07) is 12.6. The number of benzene rings is 1. The summed E-state index contributed by atoms with van der Waals surface area (Å²) in [4.78, 5) is 11.2. The fourth-order valence-corrected chi connectivity index (χ4v) is 3.35. The Morgan fingerprint density at radius 3 is 2.69 bits per heavy atom. The fraction of sp³-hybridized carbons (Fsp3) is 0.350. The molecule has 0 spiro atoms. The van der Waals surface area contributed by atoms with E-state index in [1.54, 1.807) is 12.5 Å². The number of nitrogens with zero attached hydrogens (tertiary/aromatic N) is 5. The van der Waals surface area contributed by atoms with Crippen LogP contribution in [0.15, 0.2) is 55.1 Å². The summed E-state index contributed by atoms with van der Waals surface area (Å²) in [5, 5.41) is 7.69. The van der Waals surface area contributed by atoms with Crippen LogP contribution in [-0.4, -0.2) is 32.8 Å². The van der Waals surface area contributed by atoms with E-state index in [1.807, 2.05) is 16.9 Å². The predicted molar refractivity (Wildman–Crippen MR) is 103 cm³/mol. The monoisotopic (exact) mass is 348 g/mol. The van der Waals surface area contributed by atoms with E-state index in [4.69, 9.17) is 0 Å². The SMILES string of the molecule is c1cc(CNc2cc(N3CCCCC3)ncn2)cc(Cn2cccn2)c1. The van der Waals surface area contributed by atoms with Crippen LogP contribution in [0.2, 0.25) is 0 Å². The number of piperidine rings is 1. The quantitative estimate of drug-likeness (QED) is 0.740. The van der Waals surface area contributed by atoms with Crippen molar-refractivity contribution in [1.82, 2.24) is 19.7 Å². The normalized spacial score (nSPS) is 14.4. The van der Waals surface area contributed by atoms with Crippen molar-refractivity contribution in [2.45, 2.75) is 32.4 Å². The molecule has 1 saturated heterocycles. The van der Waals surface area contributed by atoms with Crippen LogP contribution < -0.4 is 10.2 Å². The Morgan fingerprint density at radius 1 is 0.962 bits per heavy atom. The summed E-state index contributed by atoms with van der Waals surface area (Å²) >= 11 is 0. The average Bonchev–Trinajstić information content (AvgIpc) is 3.21. The van der Waals surface area contributed by atoms with E-state index in [1.165, 1.54) is 30.4 Å². The van der Waals surface area contributed by atoms with Gasteiger partial charge in [0.1, 0.15) is 18.0 Å². The van der Waals surface area contributed by atoms with Crippen molar-refractivity contribution in [3.63, 3.8) is 0 Å². The molecule has 0 unspecified atom stereocenters. The third-order valence-corrected chi connectivity index (χ3v) is 4.70. The standard InChI is InChI=1S/C20H24N6/c1-2-9-25(10-3-1)20-13-19(22-16-23-20)21-14-17-6-4-7-18(12-17)15-26-11-5-8-24-26/h4-8,11-13,16H,1-3,9-10,14-15H2,(H,21,22,23). The molecule has 0 saturated carbocycles. The minimum Gasteiger partial charge on any atom is -0.366 e.